The fourth-order valence-electron chi connectivity index (χ4n) is 1.72. The molecule has 2 rings (SSSR count). The number of alkyl halides is 1. The SMILES string of the molecule is O=C(CBr)N(Cc1ccc(F)cc1F)C1CC1. The minimum absolute atomic E-state index is 0.0591. The predicted molar refractivity (Wildman–Crippen MR) is 63.7 cm³/mol. The van der Waals surface area contributed by atoms with Crippen LogP contribution in [-0.2, 0) is 11.3 Å². The molecule has 0 radical (unpaired) electrons. The minimum Gasteiger partial charge on any atom is -0.335 e. The summed E-state index contributed by atoms with van der Waals surface area (Å²) in [6.07, 6.45) is 1.92. The number of halogens is 3. The first kappa shape index (κ1) is 12.5. The van der Waals surface area contributed by atoms with Crippen LogP contribution in [0.4, 0.5) is 8.78 Å². The normalized spacial score (nSPS) is 14.8. The van der Waals surface area contributed by atoms with Crippen molar-refractivity contribution in [1.82, 2.24) is 4.90 Å². The van der Waals surface area contributed by atoms with Crippen molar-refractivity contribution in [2.24, 2.45) is 0 Å². The van der Waals surface area contributed by atoms with E-state index < -0.39 is 11.6 Å². The molecule has 1 saturated carbocycles. The van der Waals surface area contributed by atoms with E-state index in [4.69, 9.17) is 0 Å². The van der Waals surface area contributed by atoms with Crippen LogP contribution < -0.4 is 0 Å². The molecule has 5 heteroatoms. The number of carbonyl (C=O) groups is 1. The van der Waals surface area contributed by atoms with Crippen molar-refractivity contribution in [2.75, 3.05) is 5.33 Å². The second-order valence-electron chi connectivity index (χ2n) is 4.12. The third kappa shape index (κ3) is 3.03. The zero-order valence-corrected chi connectivity index (χ0v) is 10.7. The Morgan fingerprint density at radius 2 is 2.12 bits per heavy atom. The highest BCUT2D eigenvalue weighted by atomic mass is 79.9. The monoisotopic (exact) mass is 303 g/mol. The maximum atomic E-state index is 13.5. The Labute approximate surface area is 107 Å². The van der Waals surface area contributed by atoms with Crippen molar-refractivity contribution in [3.8, 4) is 0 Å². The van der Waals surface area contributed by atoms with E-state index in [0.717, 1.165) is 18.9 Å². The molecule has 0 saturated heterocycles. The molecule has 1 aliphatic carbocycles. The van der Waals surface area contributed by atoms with Crippen molar-refractivity contribution < 1.29 is 13.6 Å². The summed E-state index contributed by atoms with van der Waals surface area (Å²) in [4.78, 5) is 13.3. The van der Waals surface area contributed by atoms with Crippen LogP contribution in [0.1, 0.15) is 18.4 Å². The Morgan fingerprint density at radius 3 is 2.65 bits per heavy atom. The molecule has 92 valence electrons. The Balaban J connectivity index is 2.14. The molecule has 1 aliphatic rings. The summed E-state index contributed by atoms with van der Waals surface area (Å²) in [5, 5.41) is 0.228. The highest BCUT2D eigenvalue weighted by molar-refractivity contribution is 9.09. The van der Waals surface area contributed by atoms with E-state index in [0.29, 0.717) is 5.56 Å². The van der Waals surface area contributed by atoms with Crippen LogP contribution in [0.2, 0.25) is 0 Å². The van der Waals surface area contributed by atoms with E-state index in [2.05, 4.69) is 15.9 Å². The molecule has 0 unspecified atom stereocenters. The number of benzene rings is 1. The fourth-order valence-corrected chi connectivity index (χ4v) is 2.04. The lowest BCUT2D eigenvalue weighted by Gasteiger charge is -2.21. The number of carbonyl (C=O) groups excluding carboxylic acids is 1. The van der Waals surface area contributed by atoms with Crippen LogP contribution in [0.25, 0.3) is 0 Å². The van der Waals surface area contributed by atoms with Gasteiger partial charge in [0.25, 0.3) is 0 Å². The molecule has 0 N–H and O–H groups in total. The van der Waals surface area contributed by atoms with Gasteiger partial charge in [-0.15, -0.1) is 0 Å². The highest BCUT2D eigenvalue weighted by Gasteiger charge is 2.32. The van der Waals surface area contributed by atoms with Gasteiger partial charge in [-0.3, -0.25) is 4.79 Å². The van der Waals surface area contributed by atoms with E-state index in [1.54, 1.807) is 4.90 Å². The number of amides is 1. The molecule has 1 amide bonds. The van der Waals surface area contributed by atoms with Crippen molar-refractivity contribution in [1.29, 1.82) is 0 Å². The summed E-state index contributed by atoms with van der Waals surface area (Å²) in [6.45, 7) is 0.210. The lowest BCUT2D eigenvalue weighted by molar-refractivity contribution is -0.129. The highest BCUT2D eigenvalue weighted by Crippen LogP contribution is 2.29. The molecule has 1 aromatic carbocycles. The average molecular weight is 304 g/mol. The average Bonchev–Trinajstić information content (AvgIpc) is 3.11. The summed E-state index contributed by atoms with van der Waals surface area (Å²) in [7, 11) is 0. The van der Waals surface area contributed by atoms with Crippen LogP contribution >= 0.6 is 15.9 Å². The van der Waals surface area contributed by atoms with Crippen LogP contribution in [-0.4, -0.2) is 22.2 Å². The minimum atomic E-state index is -0.601. The molecule has 0 spiro atoms. The summed E-state index contributed by atoms with van der Waals surface area (Å²) in [5.41, 5.74) is 0.354. The first-order valence-electron chi connectivity index (χ1n) is 5.41. The number of hydrogen-bond donors (Lipinski definition) is 0. The van der Waals surface area contributed by atoms with Crippen molar-refractivity contribution in [2.45, 2.75) is 25.4 Å². The van der Waals surface area contributed by atoms with Gasteiger partial charge in [0.1, 0.15) is 11.6 Å². The maximum Gasteiger partial charge on any atom is 0.233 e. The molecule has 17 heavy (non-hydrogen) atoms. The molecular weight excluding hydrogens is 292 g/mol. The Bertz CT molecular complexity index is 435. The topological polar surface area (TPSA) is 20.3 Å². The van der Waals surface area contributed by atoms with Gasteiger partial charge in [0, 0.05) is 24.2 Å². The Hall–Kier alpha value is -0.970. The molecule has 0 aliphatic heterocycles. The largest absolute Gasteiger partial charge is 0.335 e. The zero-order chi connectivity index (χ0) is 12.4. The summed E-state index contributed by atoms with van der Waals surface area (Å²) < 4.78 is 26.2. The lowest BCUT2D eigenvalue weighted by Crippen LogP contribution is -2.33. The molecule has 0 heterocycles. The summed E-state index contributed by atoms with van der Waals surface area (Å²) in [6, 6.07) is 3.66. The van der Waals surface area contributed by atoms with Crippen molar-refractivity contribution in [3.05, 3.63) is 35.4 Å². The first-order chi connectivity index (χ1) is 8.11. The van der Waals surface area contributed by atoms with Crippen molar-refractivity contribution >= 4 is 21.8 Å². The zero-order valence-electron chi connectivity index (χ0n) is 9.13. The first-order valence-corrected chi connectivity index (χ1v) is 6.53. The van der Waals surface area contributed by atoms with Crippen LogP contribution in [0, 0.1) is 11.6 Å². The quantitative estimate of drug-likeness (QED) is 0.783. The van der Waals surface area contributed by atoms with Crippen LogP contribution in [0.15, 0.2) is 18.2 Å². The molecule has 0 bridgehead atoms. The smallest absolute Gasteiger partial charge is 0.233 e. The molecule has 1 fully saturated rings. The van der Waals surface area contributed by atoms with Gasteiger partial charge in [-0.05, 0) is 18.9 Å². The van der Waals surface area contributed by atoms with Gasteiger partial charge in [-0.1, -0.05) is 22.0 Å². The van der Waals surface area contributed by atoms with Gasteiger partial charge in [-0.2, -0.15) is 0 Å². The molecule has 2 nitrogen and oxygen atoms in total. The molecule has 0 aromatic heterocycles. The van der Waals surface area contributed by atoms with Gasteiger partial charge in [0.15, 0.2) is 0 Å². The Kier molecular flexibility index (Phi) is 3.76. The third-order valence-electron chi connectivity index (χ3n) is 2.78. The second-order valence-corrected chi connectivity index (χ2v) is 4.68. The van der Waals surface area contributed by atoms with Crippen molar-refractivity contribution in [3.63, 3.8) is 0 Å². The standard InChI is InChI=1S/C12H12BrF2NO/c13-6-12(17)16(10-3-4-10)7-8-1-2-9(14)5-11(8)15/h1-2,5,10H,3-4,6-7H2. The van der Waals surface area contributed by atoms with Gasteiger partial charge in [-0.25, -0.2) is 8.78 Å². The van der Waals surface area contributed by atoms with Gasteiger partial charge in [0.2, 0.25) is 5.91 Å². The van der Waals surface area contributed by atoms with Gasteiger partial charge >= 0.3 is 0 Å². The molecular formula is C12H12BrF2NO. The van der Waals surface area contributed by atoms with E-state index in [-0.39, 0.29) is 23.8 Å². The third-order valence-corrected chi connectivity index (χ3v) is 3.26. The van der Waals surface area contributed by atoms with E-state index in [1.165, 1.54) is 12.1 Å². The number of hydrogen-bond acceptors (Lipinski definition) is 1. The van der Waals surface area contributed by atoms with E-state index in [1.807, 2.05) is 0 Å². The van der Waals surface area contributed by atoms with Gasteiger partial charge < -0.3 is 4.90 Å². The van der Waals surface area contributed by atoms with Gasteiger partial charge in [0.05, 0.1) is 5.33 Å². The van der Waals surface area contributed by atoms with E-state index in [9.17, 15) is 13.6 Å². The molecule has 0 atom stereocenters. The number of nitrogens with zero attached hydrogens (tertiary/aromatic N) is 1. The summed E-state index contributed by atoms with van der Waals surface area (Å²) in [5.74, 6) is -1.26. The van der Waals surface area contributed by atoms with Crippen LogP contribution in [0.3, 0.4) is 0 Å². The fraction of sp³-hybridized carbons (Fsp3) is 0.417. The number of rotatable bonds is 4. The predicted octanol–water partition coefficient (Wildman–Crippen LogP) is 2.85. The maximum absolute atomic E-state index is 13.5. The molecule has 1 aromatic rings. The van der Waals surface area contributed by atoms with E-state index >= 15 is 0 Å². The summed E-state index contributed by atoms with van der Waals surface area (Å²) >= 11 is 3.11. The second kappa shape index (κ2) is 5.12. The lowest BCUT2D eigenvalue weighted by atomic mass is 10.2. The van der Waals surface area contributed by atoms with Crippen LogP contribution in [0.5, 0.6) is 0 Å². The Morgan fingerprint density at radius 1 is 1.41 bits per heavy atom.